The molecule has 3 nitrogen and oxygen atoms in total. The van der Waals surface area contributed by atoms with E-state index in [4.69, 9.17) is 0 Å². The molecule has 0 spiro atoms. The van der Waals surface area contributed by atoms with E-state index in [1.54, 1.807) is 0 Å². The van der Waals surface area contributed by atoms with Crippen LogP contribution in [0.1, 0.15) is 100 Å². The van der Waals surface area contributed by atoms with E-state index >= 15 is 9.59 Å². The Morgan fingerprint density at radius 3 is 1.05 bits per heavy atom. The third-order valence-corrected chi connectivity index (χ3v) is 14.0. The van der Waals surface area contributed by atoms with Crippen LogP contribution in [0.25, 0.3) is 49.2 Å². The van der Waals surface area contributed by atoms with Gasteiger partial charge in [0.05, 0.1) is 28.4 Å². The molecule has 57 heavy (non-hydrogen) atoms. The van der Waals surface area contributed by atoms with E-state index in [1.807, 2.05) is 0 Å². The van der Waals surface area contributed by atoms with Crippen molar-refractivity contribution in [1.29, 1.82) is 0 Å². The Balaban J connectivity index is 1.12. The quantitative estimate of drug-likeness (QED) is 0.169. The average molecular weight is 726 g/mol. The lowest BCUT2D eigenvalue weighted by atomic mass is 9.72. The van der Waals surface area contributed by atoms with Crippen molar-refractivity contribution in [1.82, 2.24) is 4.40 Å². The van der Waals surface area contributed by atoms with Gasteiger partial charge in [0.25, 0.3) is 0 Å². The van der Waals surface area contributed by atoms with Crippen molar-refractivity contribution >= 4 is 49.7 Å². The fourth-order valence-electron chi connectivity index (χ4n) is 11.7. The van der Waals surface area contributed by atoms with Crippen LogP contribution in [0.5, 0.6) is 0 Å². The van der Waals surface area contributed by atoms with E-state index in [2.05, 4.69) is 168 Å². The minimum Gasteiger partial charge on any atom is -0.308 e. The highest BCUT2D eigenvalue weighted by atomic mass is 16.1. The molecule has 2 heterocycles. The third kappa shape index (κ3) is 3.60. The van der Waals surface area contributed by atoms with Crippen LogP contribution >= 0.6 is 0 Å². The average Bonchev–Trinajstić information content (AvgIpc) is 3.62. The lowest BCUT2D eigenvalue weighted by Crippen LogP contribution is -2.19. The summed E-state index contributed by atoms with van der Waals surface area (Å²) in [6.45, 7) is 0. The highest BCUT2D eigenvalue weighted by Crippen LogP contribution is 2.55. The molecule has 0 saturated carbocycles. The van der Waals surface area contributed by atoms with Gasteiger partial charge in [-0.25, -0.2) is 0 Å². The number of carbonyl (C=O) groups is 2. The smallest absolute Gasteiger partial charge is 0.175 e. The molecule has 10 aromatic rings. The first-order chi connectivity index (χ1) is 28.1. The van der Waals surface area contributed by atoms with Gasteiger partial charge >= 0.3 is 0 Å². The van der Waals surface area contributed by atoms with Crippen molar-refractivity contribution in [2.75, 3.05) is 0 Å². The Morgan fingerprint density at radius 2 is 0.667 bits per heavy atom. The van der Waals surface area contributed by atoms with Crippen LogP contribution in [0.3, 0.4) is 0 Å². The Bertz CT molecular complexity index is 3180. The van der Waals surface area contributed by atoms with Crippen LogP contribution < -0.4 is 0 Å². The number of rotatable bonds is 1. The van der Waals surface area contributed by atoms with Crippen molar-refractivity contribution < 1.29 is 9.59 Å². The number of hydrogen-bond donors (Lipinski definition) is 0. The van der Waals surface area contributed by atoms with Crippen LogP contribution in [0.2, 0.25) is 0 Å². The predicted octanol–water partition coefficient (Wildman–Crippen LogP) is 12.1. The van der Waals surface area contributed by atoms with Crippen molar-refractivity contribution in [2.24, 2.45) is 0 Å². The standard InChI is InChI=1S/C54H31NO2/c56-53-44-26-46-38(24-40(44)48-30-14-4-8-18-34(30)50(53)35-19-9-5-15-31(35)48)42-22-29(28-12-2-1-3-13-28)23-43-39-25-41-45(27-47(39)55(46)52(42)43)54(57)51-36-20-10-6-16-32(36)49(41)33-17-7-11-21-37(33)51/h1-27,48-51H. The number of Topliss-reactive ketones (excluding diaryl/α,β-unsaturated/α-hetero) is 2. The summed E-state index contributed by atoms with van der Waals surface area (Å²) >= 11 is 0. The van der Waals surface area contributed by atoms with Crippen molar-refractivity contribution in [3.63, 3.8) is 0 Å². The molecular formula is C54H31NO2. The minimum atomic E-state index is -0.352. The van der Waals surface area contributed by atoms with Crippen LogP contribution in [0.15, 0.2) is 164 Å². The number of benzene rings is 8. The number of fused-ring (bicyclic) bond motifs is 6. The van der Waals surface area contributed by atoms with E-state index in [9.17, 15) is 0 Å². The second-order valence-corrected chi connectivity index (χ2v) is 16.5. The maximum absolute atomic E-state index is 15.1. The molecule has 0 radical (unpaired) electrons. The van der Waals surface area contributed by atoms with Crippen LogP contribution in [0.4, 0.5) is 0 Å². The van der Waals surface area contributed by atoms with Gasteiger partial charge < -0.3 is 4.40 Å². The molecule has 0 unspecified atom stereocenters. The summed E-state index contributed by atoms with van der Waals surface area (Å²) in [4.78, 5) is 30.2. The number of aromatic nitrogens is 1. The Morgan fingerprint density at radius 1 is 0.316 bits per heavy atom. The summed E-state index contributed by atoms with van der Waals surface area (Å²) in [7, 11) is 0. The fraction of sp³-hybridized carbons (Fsp3) is 0.0741. The summed E-state index contributed by atoms with van der Waals surface area (Å²) in [6.07, 6.45) is 0. The summed E-state index contributed by atoms with van der Waals surface area (Å²) in [5, 5.41) is 4.57. The molecule has 16 rings (SSSR count). The van der Waals surface area contributed by atoms with Gasteiger partial charge in [0, 0.05) is 44.5 Å². The topological polar surface area (TPSA) is 38.5 Å². The SMILES string of the molecule is O=C1c2cc3c(cc2C2c4ccccc4C1c1ccccc12)c1cc(-c2ccccc2)cc2c4cc5c(cc4n3c12)C(=O)C1c2ccccc2C5c2ccccc21. The largest absolute Gasteiger partial charge is 0.308 e. The summed E-state index contributed by atoms with van der Waals surface area (Å²) < 4.78 is 2.37. The normalized spacial score (nSPS) is 19.6. The van der Waals surface area contributed by atoms with Crippen LogP contribution in [-0.2, 0) is 0 Å². The monoisotopic (exact) mass is 725 g/mol. The first-order valence-corrected chi connectivity index (χ1v) is 20.0. The Labute approximate surface area is 327 Å². The molecule has 4 bridgehead atoms. The molecular weight excluding hydrogens is 695 g/mol. The number of carbonyl (C=O) groups excluding carboxylic acids is 2. The van der Waals surface area contributed by atoms with Crippen molar-refractivity contribution in [3.05, 3.63) is 231 Å². The second-order valence-electron chi connectivity index (χ2n) is 16.5. The van der Waals surface area contributed by atoms with Crippen LogP contribution in [0, 0.1) is 0 Å². The Hall–Kier alpha value is -7.10. The Kier molecular flexibility index (Phi) is 5.50. The zero-order valence-electron chi connectivity index (χ0n) is 30.7. The molecule has 8 aromatic carbocycles. The van der Waals surface area contributed by atoms with Gasteiger partial charge in [-0.15, -0.1) is 0 Å². The molecule has 0 saturated heterocycles. The third-order valence-electron chi connectivity index (χ3n) is 14.0. The molecule has 3 heteroatoms. The molecule has 264 valence electrons. The first kappa shape index (κ1) is 30.2. The van der Waals surface area contributed by atoms with Crippen molar-refractivity contribution in [3.8, 4) is 11.1 Å². The molecule has 6 aliphatic rings. The van der Waals surface area contributed by atoms with Gasteiger partial charge in [-0.05, 0) is 103 Å². The van der Waals surface area contributed by atoms with Gasteiger partial charge in [0.2, 0.25) is 0 Å². The molecule has 0 N–H and O–H groups in total. The second kappa shape index (κ2) is 10.4. The predicted molar refractivity (Wildman–Crippen MR) is 227 cm³/mol. The van der Waals surface area contributed by atoms with Crippen LogP contribution in [-0.4, -0.2) is 16.0 Å². The summed E-state index contributed by atoms with van der Waals surface area (Å²) in [5.74, 6) is -0.492. The zero-order valence-corrected chi connectivity index (χ0v) is 30.7. The molecule has 0 amide bonds. The first-order valence-electron chi connectivity index (χ1n) is 20.0. The maximum Gasteiger partial charge on any atom is 0.175 e. The number of nitrogens with zero attached hydrogens (tertiary/aromatic N) is 1. The maximum atomic E-state index is 15.1. The van der Waals surface area contributed by atoms with Gasteiger partial charge in [-0.3, -0.25) is 9.59 Å². The van der Waals surface area contributed by atoms with E-state index in [0.717, 1.165) is 93.7 Å². The van der Waals surface area contributed by atoms with E-state index in [1.165, 1.54) is 22.3 Å². The molecule has 0 fully saturated rings. The van der Waals surface area contributed by atoms with E-state index in [-0.39, 0.29) is 35.2 Å². The molecule has 6 aliphatic carbocycles. The highest BCUT2D eigenvalue weighted by molar-refractivity contribution is 6.26. The lowest BCUT2D eigenvalue weighted by Gasteiger charge is -2.30. The highest BCUT2D eigenvalue weighted by Gasteiger charge is 2.44. The molecule has 0 aliphatic heterocycles. The van der Waals surface area contributed by atoms with E-state index in [0.29, 0.717) is 0 Å². The molecule has 2 aromatic heterocycles. The fourth-order valence-corrected chi connectivity index (χ4v) is 11.7. The zero-order chi connectivity index (χ0) is 37.3. The van der Waals surface area contributed by atoms with E-state index < -0.39 is 0 Å². The lowest BCUT2D eigenvalue weighted by molar-refractivity contribution is 0.0966. The molecule has 0 atom stereocenters. The van der Waals surface area contributed by atoms with Gasteiger partial charge in [0.15, 0.2) is 11.6 Å². The summed E-state index contributed by atoms with van der Waals surface area (Å²) in [6, 6.07) is 58.5. The van der Waals surface area contributed by atoms with Gasteiger partial charge in [0.1, 0.15) is 0 Å². The number of ketones is 2. The van der Waals surface area contributed by atoms with Gasteiger partial charge in [-0.1, -0.05) is 127 Å². The minimum absolute atomic E-state index is 0.0444. The number of hydrogen-bond acceptors (Lipinski definition) is 2. The summed E-state index contributed by atoms with van der Waals surface area (Å²) in [5.41, 5.74) is 18.5. The van der Waals surface area contributed by atoms with Crippen molar-refractivity contribution in [2.45, 2.75) is 23.7 Å². The van der Waals surface area contributed by atoms with Gasteiger partial charge in [-0.2, -0.15) is 0 Å².